The number of rotatable bonds is 3. The summed E-state index contributed by atoms with van der Waals surface area (Å²) in [4.78, 5) is 32.1. The first-order valence-electron chi connectivity index (χ1n) is 11.8. The third-order valence-corrected chi connectivity index (χ3v) is 6.99. The molecule has 0 N–H and O–H groups in total. The lowest BCUT2D eigenvalue weighted by atomic mass is 10.0. The second-order valence-electron chi connectivity index (χ2n) is 10.3. The predicted molar refractivity (Wildman–Crippen MR) is 125 cm³/mol. The van der Waals surface area contributed by atoms with Crippen LogP contribution in [-0.4, -0.2) is 52.7 Å². The molecule has 2 saturated heterocycles. The molecule has 1 aromatic carbocycles. The molecular formula is C25H33N5O2. The minimum absolute atomic E-state index is 0.0375. The molecule has 4 heterocycles. The van der Waals surface area contributed by atoms with E-state index in [4.69, 9.17) is 0 Å². The standard InChI is InChI=1S/C25H33N5O2/c1-25(2,3)30-22-10-13-28(16-19(22)15-26-30)24(32)18-14-23(31)29(17-18)21-8-6-20(7-9-21)27-11-4-5-12-27/h6-9,15,18H,4-5,10-14,16-17H2,1-3H3. The van der Waals surface area contributed by atoms with Gasteiger partial charge in [-0.3, -0.25) is 14.3 Å². The minimum Gasteiger partial charge on any atom is -0.372 e. The Hall–Kier alpha value is -2.83. The van der Waals surface area contributed by atoms with Gasteiger partial charge in [0.1, 0.15) is 0 Å². The van der Waals surface area contributed by atoms with Crippen molar-refractivity contribution in [2.75, 3.05) is 36.0 Å². The van der Waals surface area contributed by atoms with E-state index in [9.17, 15) is 9.59 Å². The molecule has 170 valence electrons. The fraction of sp³-hybridized carbons (Fsp3) is 0.560. The van der Waals surface area contributed by atoms with Gasteiger partial charge in [0.15, 0.2) is 0 Å². The number of hydrogen-bond donors (Lipinski definition) is 0. The van der Waals surface area contributed by atoms with Crippen LogP contribution in [0.5, 0.6) is 0 Å². The number of carbonyl (C=O) groups excluding carboxylic acids is 2. The van der Waals surface area contributed by atoms with Gasteiger partial charge >= 0.3 is 0 Å². The Morgan fingerprint density at radius 1 is 1.03 bits per heavy atom. The Labute approximate surface area is 190 Å². The Morgan fingerprint density at radius 2 is 1.72 bits per heavy atom. The van der Waals surface area contributed by atoms with Crippen LogP contribution < -0.4 is 9.80 Å². The van der Waals surface area contributed by atoms with Gasteiger partial charge < -0.3 is 14.7 Å². The third kappa shape index (κ3) is 3.78. The SMILES string of the molecule is CC(C)(C)n1ncc2c1CCN(C(=O)C1CC(=O)N(c3ccc(N4CCCC4)cc3)C1)C2. The number of amides is 2. The Balaban J connectivity index is 1.25. The molecule has 0 saturated carbocycles. The van der Waals surface area contributed by atoms with Crippen LogP contribution in [0.15, 0.2) is 30.5 Å². The number of aromatic nitrogens is 2. The van der Waals surface area contributed by atoms with Crippen LogP contribution in [0.1, 0.15) is 51.3 Å². The first-order chi connectivity index (χ1) is 15.3. The highest BCUT2D eigenvalue weighted by Gasteiger charge is 2.38. The van der Waals surface area contributed by atoms with Crippen molar-refractivity contribution in [3.05, 3.63) is 41.7 Å². The van der Waals surface area contributed by atoms with Gasteiger partial charge in [0.2, 0.25) is 11.8 Å². The molecule has 2 fully saturated rings. The van der Waals surface area contributed by atoms with Gasteiger partial charge in [-0.25, -0.2) is 0 Å². The molecule has 7 nitrogen and oxygen atoms in total. The Kier molecular flexibility index (Phi) is 5.22. The maximum atomic E-state index is 13.3. The lowest BCUT2D eigenvalue weighted by Gasteiger charge is -2.31. The maximum absolute atomic E-state index is 13.3. The van der Waals surface area contributed by atoms with Crippen LogP contribution in [0.4, 0.5) is 11.4 Å². The van der Waals surface area contributed by atoms with Crippen molar-refractivity contribution >= 4 is 23.2 Å². The second kappa shape index (κ2) is 7.94. The van der Waals surface area contributed by atoms with Gasteiger partial charge in [0.25, 0.3) is 0 Å². The quantitative estimate of drug-likeness (QED) is 0.743. The van der Waals surface area contributed by atoms with Gasteiger partial charge in [-0.15, -0.1) is 0 Å². The molecule has 1 aromatic heterocycles. The smallest absolute Gasteiger partial charge is 0.228 e. The minimum atomic E-state index is -0.278. The van der Waals surface area contributed by atoms with Gasteiger partial charge in [-0.1, -0.05) is 0 Å². The van der Waals surface area contributed by atoms with Crippen molar-refractivity contribution in [3.8, 4) is 0 Å². The summed E-state index contributed by atoms with van der Waals surface area (Å²) < 4.78 is 2.08. The largest absolute Gasteiger partial charge is 0.372 e. The predicted octanol–water partition coefficient (Wildman–Crippen LogP) is 3.18. The highest BCUT2D eigenvalue weighted by molar-refractivity contribution is 6.00. The van der Waals surface area contributed by atoms with Crippen molar-refractivity contribution in [2.24, 2.45) is 5.92 Å². The molecule has 0 spiro atoms. The molecule has 0 aliphatic carbocycles. The molecule has 32 heavy (non-hydrogen) atoms. The van der Waals surface area contributed by atoms with E-state index in [0.29, 0.717) is 19.6 Å². The van der Waals surface area contributed by atoms with E-state index in [1.54, 1.807) is 4.90 Å². The Bertz CT molecular complexity index is 1010. The zero-order valence-corrected chi connectivity index (χ0v) is 19.4. The summed E-state index contributed by atoms with van der Waals surface area (Å²) in [5, 5.41) is 4.57. The van der Waals surface area contributed by atoms with Crippen molar-refractivity contribution in [1.29, 1.82) is 0 Å². The monoisotopic (exact) mass is 435 g/mol. The summed E-state index contributed by atoms with van der Waals surface area (Å²) in [7, 11) is 0. The first kappa shape index (κ1) is 21.0. The van der Waals surface area contributed by atoms with Crippen LogP contribution in [0.2, 0.25) is 0 Å². The summed E-state index contributed by atoms with van der Waals surface area (Å²) in [6, 6.07) is 8.24. The van der Waals surface area contributed by atoms with Crippen LogP contribution in [0.3, 0.4) is 0 Å². The lowest BCUT2D eigenvalue weighted by Crippen LogP contribution is -2.41. The van der Waals surface area contributed by atoms with Crippen LogP contribution in [0, 0.1) is 5.92 Å². The number of anilines is 2. The molecule has 7 heteroatoms. The zero-order chi connectivity index (χ0) is 22.5. The van der Waals surface area contributed by atoms with Gasteiger partial charge in [-0.05, 0) is 57.9 Å². The molecule has 0 radical (unpaired) electrons. The summed E-state index contributed by atoms with van der Waals surface area (Å²) in [5.74, 6) is -0.154. The molecule has 1 atom stereocenters. The van der Waals surface area contributed by atoms with E-state index in [1.807, 2.05) is 23.2 Å². The van der Waals surface area contributed by atoms with E-state index < -0.39 is 0 Å². The highest BCUT2D eigenvalue weighted by atomic mass is 16.2. The van der Waals surface area contributed by atoms with E-state index >= 15 is 0 Å². The molecule has 0 bridgehead atoms. The molecule has 1 unspecified atom stereocenters. The molecule has 5 rings (SSSR count). The summed E-state index contributed by atoms with van der Waals surface area (Å²) in [6.45, 7) is 10.4. The summed E-state index contributed by atoms with van der Waals surface area (Å²) in [6.07, 6.45) is 5.47. The number of benzene rings is 1. The van der Waals surface area contributed by atoms with Crippen LogP contribution >= 0.6 is 0 Å². The molecular weight excluding hydrogens is 402 g/mol. The number of hydrogen-bond acceptors (Lipinski definition) is 4. The molecule has 2 amide bonds. The number of fused-ring (bicyclic) bond motifs is 1. The lowest BCUT2D eigenvalue weighted by molar-refractivity contribution is -0.136. The molecule has 3 aliphatic heterocycles. The fourth-order valence-electron chi connectivity index (χ4n) is 5.30. The average Bonchev–Trinajstić information content (AvgIpc) is 3.52. The highest BCUT2D eigenvalue weighted by Crippen LogP contribution is 2.31. The zero-order valence-electron chi connectivity index (χ0n) is 19.4. The number of carbonyl (C=O) groups is 2. The van der Waals surface area contributed by atoms with Crippen molar-refractivity contribution in [3.63, 3.8) is 0 Å². The average molecular weight is 436 g/mol. The fourth-order valence-corrected chi connectivity index (χ4v) is 5.30. The maximum Gasteiger partial charge on any atom is 0.228 e. The van der Waals surface area contributed by atoms with Gasteiger partial charge in [-0.2, -0.15) is 5.10 Å². The van der Waals surface area contributed by atoms with Crippen LogP contribution in [0.25, 0.3) is 0 Å². The third-order valence-electron chi connectivity index (χ3n) is 6.99. The van der Waals surface area contributed by atoms with E-state index in [0.717, 1.165) is 30.8 Å². The van der Waals surface area contributed by atoms with E-state index in [1.165, 1.54) is 24.2 Å². The molecule has 2 aromatic rings. The normalized spacial score (nSPS) is 21.4. The summed E-state index contributed by atoms with van der Waals surface area (Å²) >= 11 is 0. The first-order valence-corrected chi connectivity index (χ1v) is 11.8. The van der Waals surface area contributed by atoms with E-state index in [-0.39, 0.29) is 29.7 Å². The Morgan fingerprint density at radius 3 is 2.41 bits per heavy atom. The number of nitrogens with zero attached hydrogens (tertiary/aromatic N) is 5. The van der Waals surface area contributed by atoms with Crippen molar-refractivity contribution in [2.45, 2.75) is 58.5 Å². The van der Waals surface area contributed by atoms with Gasteiger partial charge in [0, 0.05) is 68.2 Å². The van der Waals surface area contributed by atoms with E-state index in [2.05, 4.69) is 47.6 Å². The van der Waals surface area contributed by atoms with Crippen molar-refractivity contribution in [1.82, 2.24) is 14.7 Å². The topological polar surface area (TPSA) is 61.7 Å². The van der Waals surface area contributed by atoms with Crippen LogP contribution in [-0.2, 0) is 28.1 Å². The molecule has 3 aliphatic rings. The van der Waals surface area contributed by atoms with Gasteiger partial charge in [0.05, 0.1) is 17.7 Å². The second-order valence-corrected chi connectivity index (χ2v) is 10.3. The van der Waals surface area contributed by atoms with Crippen molar-refractivity contribution < 1.29 is 9.59 Å². The summed E-state index contributed by atoms with van der Waals surface area (Å²) in [5.41, 5.74) is 4.38.